The number of halogens is 1. The smallest absolute Gasteiger partial charge is 0.295 e. The molecule has 1 fully saturated rings. The van der Waals surface area contributed by atoms with Crippen LogP contribution in [-0.2, 0) is 16.1 Å². The van der Waals surface area contributed by atoms with Crippen LogP contribution in [0.4, 0.5) is 4.39 Å². The molecule has 1 N–H and O–H groups in total. The fraction of sp³-hybridized carbons (Fsp3) is 0.222. The standard InChI is InChI=1S/C27H25FN2O4/c1-3-13-34-21-10-11-22(17(2)14-21)25(31)23-24(19-6-8-20(28)9-7-19)30(27(33)26(23)32)16-18-5-4-12-29-15-18/h4-12,14-15,24,31H,3,13,16H2,1-2H3/t24-/m1/s1. The quantitative estimate of drug-likeness (QED) is 0.307. The number of ketones is 1. The van der Waals surface area contributed by atoms with Gasteiger partial charge in [0.05, 0.1) is 18.2 Å². The molecule has 6 nitrogen and oxygen atoms in total. The van der Waals surface area contributed by atoms with E-state index >= 15 is 0 Å². The van der Waals surface area contributed by atoms with Crippen LogP contribution in [0.15, 0.2) is 72.6 Å². The monoisotopic (exact) mass is 460 g/mol. The summed E-state index contributed by atoms with van der Waals surface area (Å²) >= 11 is 0. The first-order valence-corrected chi connectivity index (χ1v) is 11.1. The lowest BCUT2D eigenvalue weighted by atomic mass is 9.93. The summed E-state index contributed by atoms with van der Waals surface area (Å²) in [6.45, 7) is 4.48. The zero-order valence-electron chi connectivity index (χ0n) is 19.0. The second-order valence-corrected chi connectivity index (χ2v) is 8.17. The summed E-state index contributed by atoms with van der Waals surface area (Å²) < 4.78 is 19.3. The Labute approximate surface area is 197 Å². The number of benzene rings is 2. The Morgan fingerprint density at radius 2 is 1.91 bits per heavy atom. The van der Waals surface area contributed by atoms with Gasteiger partial charge in [-0.1, -0.05) is 25.1 Å². The maximum atomic E-state index is 13.6. The van der Waals surface area contributed by atoms with Gasteiger partial charge < -0.3 is 14.7 Å². The van der Waals surface area contributed by atoms with Crippen LogP contribution < -0.4 is 4.74 Å². The summed E-state index contributed by atoms with van der Waals surface area (Å²) in [4.78, 5) is 31.7. The topological polar surface area (TPSA) is 79.7 Å². The van der Waals surface area contributed by atoms with E-state index in [0.29, 0.717) is 29.0 Å². The van der Waals surface area contributed by atoms with Crippen LogP contribution in [0.25, 0.3) is 5.76 Å². The molecule has 0 saturated carbocycles. The van der Waals surface area contributed by atoms with E-state index < -0.39 is 23.5 Å². The number of aliphatic hydroxyl groups is 1. The van der Waals surface area contributed by atoms with Crippen LogP contribution in [0.3, 0.4) is 0 Å². The molecule has 1 aromatic heterocycles. The van der Waals surface area contributed by atoms with Gasteiger partial charge in [0.15, 0.2) is 0 Å². The highest BCUT2D eigenvalue weighted by atomic mass is 19.1. The number of likely N-dealkylation sites (tertiary alicyclic amines) is 1. The van der Waals surface area contributed by atoms with E-state index in [1.807, 2.05) is 6.92 Å². The Morgan fingerprint density at radius 1 is 1.15 bits per heavy atom. The van der Waals surface area contributed by atoms with Crippen LogP contribution in [0.1, 0.15) is 41.6 Å². The zero-order chi connectivity index (χ0) is 24.2. The number of rotatable bonds is 7. The molecular formula is C27H25FN2O4. The van der Waals surface area contributed by atoms with Crippen molar-refractivity contribution in [1.29, 1.82) is 0 Å². The molecule has 2 aromatic carbocycles. The fourth-order valence-electron chi connectivity index (χ4n) is 4.08. The third-order valence-electron chi connectivity index (χ3n) is 5.73. The second-order valence-electron chi connectivity index (χ2n) is 8.17. The molecule has 7 heteroatoms. The van der Waals surface area contributed by atoms with Gasteiger partial charge in [-0.3, -0.25) is 14.6 Å². The van der Waals surface area contributed by atoms with Crippen molar-refractivity contribution >= 4 is 17.4 Å². The van der Waals surface area contributed by atoms with Crippen LogP contribution >= 0.6 is 0 Å². The number of aryl methyl sites for hydroxylation is 1. The molecule has 174 valence electrons. The Balaban J connectivity index is 1.82. The van der Waals surface area contributed by atoms with Gasteiger partial charge in [0.25, 0.3) is 11.7 Å². The number of hydrogen-bond acceptors (Lipinski definition) is 5. The average Bonchev–Trinajstić information content (AvgIpc) is 3.08. The molecule has 0 bridgehead atoms. The molecule has 0 aliphatic carbocycles. The van der Waals surface area contributed by atoms with Gasteiger partial charge in [-0.2, -0.15) is 0 Å². The van der Waals surface area contributed by atoms with Crippen molar-refractivity contribution in [1.82, 2.24) is 9.88 Å². The summed E-state index contributed by atoms with van der Waals surface area (Å²) in [6, 6.07) is 13.4. The van der Waals surface area contributed by atoms with Crippen LogP contribution in [0.5, 0.6) is 5.75 Å². The summed E-state index contributed by atoms with van der Waals surface area (Å²) in [6.07, 6.45) is 4.09. The molecule has 1 aliphatic rings. The minimum Gasteiger partial charge on any atom is -0.507 e. The zero-order valence-corrected chi connectivity index (χ0v) is 19.0. The maximum Gasteiger partial charge on any atom is 0.295 e. The van der Waals surface area contributed by atoms with Crippen molar-refractivity contribution in [2.75, 3.05) is 6.61 Å². The Kier molecular flexibility index (Phi) is 6.72. The number of carbonyl (C=O) groups excluding carboxylic acids is 2. The predicted molar refractivity (Wildman–Crippen MR) is 125 cm³/mol. The normalized spacial score (nSPS) is 17.3. The highest BCUT2D eigenvalue weighted by Crippen LogP contribution is 2.41. The first-order chi connectivity index (χ1) is 16.4. The largest absolute Gasteiger partial charge is 0.507 e. The minimum absolute atomic E-state index is 0.0363. The van der Waals surface area contributed by atoms with E-state index in [2.05, 4.69) is 4.98 Å². The molecule has 4 rings (SSSR count). The van der Waals surface area contributed by atoms with E-state index in [1.54, 1.807) is 49.6 Å². The summed E-state index contributed by atoms with van der Waals surface area (Å²) in [5.41, 5.74) is 2.33. The first kappa shape index (κ1) is 23.2. The first-order valence-electron chi connectivity index (χ1n) is 11.1. The van der Waals surface area contributed by atoms with Crippen molar-refractivity contribution in [2.24, 2.45) is 0 Å². The highest BCUT2D eigenvalue weighted by molar-refractivity contribution is 6.46. The van der Waals surface area contributed by atoms with Crippen molar-refractivity contribution in [3.05, 3.63) is 101 Å². The number of hydrogen-bond donors (Lipinski definition) is 1. The van der Waals surface area contributed by atoms with Gasteiger partial charge >= 0.3 is 0 Å². The molecule has 1 amide bonds. The molecule has 1 atom stereocenters. The number of amides is 1. The minimum atomic E-state index is -0.878. The number of pyridine rings is 1. The number of ether oxygens (including phenoxy) is 1. The molecule has 3 aromatic rings. The number of nitrogens with zero attached hydrogens (tertiary/aromatic N) is 2. The molecular weight excluding hydrogens is 435 g/mol. The second kappa shape index (κ2) is 9.87. The molecule has 2 heterocycles. The Hall–Kier alpha value is -4.00. The van der Waals surface area contributed by atoms with Gasteiger partial charge in [0, 0.05) is 24.5 Å². The van der Waals surface area contributed by atoms with Gasteiger partial charge in [-0.25, -0.2) is 4.39 Å². The van der Waals surface area contributed by atoms with E-state index in [-0.39, 0.29) is 17.9 Å². The van der Waals surface area contributed by atoms with E-state index in [4.69, 9.17) is 4.74 Å². The van der Waals surface area contributed by atoms with E-state index in [0.717, 1.165) is 12.0 Å². The molecule has 0 unspecified atom stereocenters. The molecule has 1 saturated heterocycles. The van der Waals surface area contributed by atoms with Crippen LogP contribution in [0, 0.1) is 12.7 Å². The lowest BCUT2D eigenvalue weighted by molar-refractivity contribution is -0.140. The molecule has 34 heavy (non-hydrogen) atoms. The lowest BCUT2D eigenvalue weighted by Crippen LogP contribution is -2.29. The Bertz CT molecular complexity index is 1240. The van der Waals surface area contributed by atoms with E-state index in [1.165, 1.54) is 29.2 Å². The van der Waals surface area contributed by atoms with Gasteiger partial charge in [0.1, 0.15) is 17.3 Å². The number of Topliss-reactive ketones (excluding diaryl/α,β-unsaturated/α-hetero) is 1. The summed E-state index contributed by atoms with van der Waals surface area (Å²) in [5, 5.41) is 11.3. The maximum absolute atomic E-state index is 13.6. The van der Waals surface area contributed by atoms with Gasteiger partial charge in [-0.05, 0) is 66.4 Å². The SMILES string of the molecule is CCCOc1ccc(C(O)=C2C(=O)C(=O)N(Cc3cccnc3)[C@@H]2c2ccc(F)cc2)c(C)c1. The third-order valence-corrected chi connectivity index (χ3v) is 5.73. The highest BCUT2D eigenvalue weighted by Gasteiger charge is 2.46. The van der Waals surface area contributed by atoms with Crippen LogP contribution in [0.2, 0.25) is 0 Å². The summed E-state index contributed by atoms with van der Waals surface area (Å²) in [7, 11) is 0. The van der Waals surface area contributed by atoms with E-state index in [9.17, 15) is 19.1 Å². The Morgan fingerprint density at radius 3 is 2.56 bits per heavy atom. The predicted octanol–water partition coefficient (Wildman–Crippen LogP) is 4.94. The number of aromatic nitrogens is 1. The van der Waals surface area contributed by atoms with Crippen molar-refractivity contribution in [3.63, 3.8) is 0 Å². The third kappa shape index (κ3) is 4.55. The molecule has 0 spiro atoms. The number of aliphatic hydroxyl groups excluding tert-OH is 1. The van der Waals surface area contributed by atoms with Gasteiger partial charge in [0.2, 0.25) is 0 Å². The van der Waals surface area contributed by atoms with Crippen molar-refractivity contribution < 1.29 is 23.8 Å². The van der Waals surface area contributed by atoms with Gasteiger partial charge in [-0.15, -0.1) is 0 Å². The fourth-order valence-corrected chi connectivity index (χ4v) is 4.08. The van der Waals surface area contributed by atoms with Crippen molar-refractivity contribution in [3.8, 4) is 5.75 Å². The number of carbonyl (C=O) groups is 2. The van der Waals surface area contributed by atoms with Crippen LogP contribution in [-0.4, -0.2) is 33.3 Å². The summed E-state index contributed by atoms with van der Waals surface area (Å²) in [5.74, 6) is -1.59. The van der Waals surface area contributed by atoms with Crippen molar-refractivity contribution in [2.45, 2.75) is 32.9 Å². The average molecular weight is 461 g/mol. The molecule has 0 radical (unpaired) electrons. The lowest BCUT2D eigenvalue weighted by Gasteiger charge is -2.25. The molecule has 1 aliphatic heterocycles.